The lowest BCUT2D eigenvalue weighted by atomic mass is 9.62. The van der Waals surface area contributed by atoms with E-state index in [1.54, 1.807) is 0 Å². The Labute approximate surface area is 332 Å². The molecule has 0 amide bonds. The molecule has 2 aliphatic rings. The van der Waals surface area contributed by atoms with Gasteiger partial charge in [-0.05, 0) is 81.5 Å². The van der Waals surface area contributed by atoms with Gasteiger partial charge in [0.2, 0.25) is 5.28 Å². The van der Waals surface area contributed by atoms with Crippen molar-refractivity contribution >= 4 is 28.7 Å². The summed E-state index contributed by atoms with van der Waals surface area (Å²) in [7, 11) is 7.05. The van der Waals surface area contributed by atoms with Crippen molar-refractivity contribution in [3.05, 3.63) is 97.9 Å². The van der Waals surface area contributed by atoms with Crippen molar-refractivity contribution < 1.29 is 14.3 Å². The van der Waals surface area contributed by atoms with E-state index < -0.39 is 11.2 Å². The first kappa shape index (κ1) is 44.0. The lowest BCUT2D eigenvalue weighted by Crippen LogP contribution is -2.43. The SMILES string of the molecule is CCN(CC)CCOC(=O)C1(C2CCCCC2)CCCCC1.CN(C)CCOC(c1ccccc1)c1ccccc1.Cn1c(=O)c2[nH]c(Cl)nc2n(C)c1=O. The minimum absolute atomic E-state index is 0.0161. The molecule has 2 aromatic heterocycles. The number of aromatic nitrogens is 4. The van der Waals surface area contributed by atoms with Gasteiger partial charge < -0.3 is 24.3 Å². The fraction of sp³-hybridized carbons (Fsp3) is 0.581. The molecular weight excluding hydrogens is 716 g/mol. The highest BCUT2D eigenvalue weighted by Gasteiger charge is 2.47. The van der Waals surface area contributed by atoms with E-state index in [1.807, 2.05) is 12.1 Å². The zero-order chi connectivity index (χ0) is 39.8. The molecule has 2 heterocycles. The second-order valence-electron chi connectivity index (χ2n) is 15.0. The molecule has 0 spiro atoms. The Morgan fingerprint density at radius 3 is 1.96 bits per heavy atom. The third kappa shape index (κ3) is 12.1. The van der Waals surface area contributed by atoms with Crippen LogP contribution in [-0.4, -0.2) is 88.4 Å². The number of halogens is 1. The molecule has 55 heavy (non-hydrogen) atoms. The number of benzene rings is 2. The average Bonchev–Trinajstić information content (AvgIpc) is 3.63. The van der Waals surface area contributed by atoms with E-state index in [0.29, 0.717) is 12.5 Å². The topological polar surface area (TPSA) is 115 Å². The number of aryl methyl sites for hydroxylation is 1. The predicted molar refractivity (Wildman–Crippen MR) is 222 cm³/mol. The molecule has 0 unspecified atom stereocenters. The Morgan fingerprint density at radius 1 is 0.855 bits per heavy atom. The van der Waals surface area contributed by atoms with Crippen LogP contribution in [0.4, 0.5) is 0 Å². The number of nitrogens with zero attached hydrogens (tertiary/aromatic N) is 5. The van der Waals surface area contributed by atoms with Crippen LogP contribution in [0.15, 0.2) is 70.3 Å². The van der Waals surface area contributed by atoms with Crippen LogP contribution < -0.4 is 11.2 Å². The molecule has 2 aromatic carbocycles. The normalized spacial score (nSPS) is 15.7. The molecular formula is C43H63ClN6O5. The first-order valence-corrected chi connectivity index (χ1v) is 20.5. The minimum atomic E-state index is -0.428. The molecule has 2 saturated carbocycles. The largest absolute Gasteiger partial charge is 0.464 e. The molecule has 0 bridgehead atoms. The van der Waals surface area contributed by atoms with Gasteiger partial charge in [-0.2, -0.15) is 4.98 Å². The summed E-state index contributed by atoms with van der Waals surface area (Å²) in [6.07, 6.45) is 12.3. The average molecular weight is 779 g/mol. The van der Waals surface area contributed by atoms with Gasteiger partial charge in [0.25, 0.3) is 5.56 Å². The zero-order valence-corrected chi connectivity index (χ0v) is 34.7. The Morgan fingerprint density at radius 2 is 1.42 bits per heavy atom. The molecule has 1 N–H and O–H groups in total. The Kier molecular flexibility index (Phi) is 17.7. The fourth-order valence-corrected chi connectivity index (χ4v) is 8.03. The third-order valence-electron chi connectivity index (χ3n) is 11.2. The van der Waals surface area contributed by atoms with Crippen LogP contribution in [0.3, 0.4) is 0 Å². The Hall–Kier alpha value is -3.77. The van der Waals surface area contributed by atoms with Gasteiger partial charge in [0.05, 0.1) is 12.0 Å². The predicted octanol–water partition coefficient (Wildman–Crippen LogP) is 7.37. The number of hydrogen-bond donors (Lipinski definition) is 1. The van der Waals surface area contributed by atoms with Crippen molar-refractivity contribution in [3.63, 3.8) is 0 Å². The highest BCUT2D eigenvalue weighted by Crippen LogP contribution is 2.49. The molecule has 12 heteroatoms. The number of aromatic amines is 1. The molecule has 0 aliphatic heterocycles. The van der Waals surface area contributed by atoms with Crippen molar-refractivity contribution in [2.24, 2.45) is 25.4 Å². The lowest BCUT2D eigenvalue weighted by molar-refractivity contribution is -0.164. The van der Waals surface area contributed by atoms with Gasteiger partial charge in [-0.15, -0.1) is 0 Å². The van der Waals surface area contributed by atoms with Crippen molar-refractivity contribution in [2.45, 2.75) is 84.2 Å². The third-order valence-corrected chi connectivity index (χ3v) is 11.3. The number of imidazole rings is 1. The van der Waals surface area contributed by atoms with E-state index in [0.717, 1.165) is 50.2 Å². The summed E-state index contributed by atoms with van der Waals surface area (Å²) in [5, 5.41) is 0.0956. The standard InChI is InChI=1S/C19H35NO2.C17H21NO.C7H7ClN4O2/c1-3-20(4-2)15-16-22-18(21)19(13-9-6-10-14-19)17-11-7-5-8-12-17;1-18(2)13-14-19-17(15-9-5-3-6-10-15)16-11-7-4-8-12-16;1-11-4-3(9-6(8)10-4)5(13)12(2)7(11)14/h17H,3-16H2,1-2H3;3-12,17H,13-14H2,1-2H3;1-2H3,(H,9,10). The Bertz CT molecular complexity index is 1800. The van der Waals surface area contributed by atoms with Gasteiger partial charge in [-0.3, -0.25) is 18.7 Å². The lowest BCUT2D eigenvalue weighted by Gasteiger charge is -2.43. The molecule has 2 aliphatic carbocycles. The van der Waals surface area contributed by atoms with Gasteiger partial charge in [-0.25, -0.2) is 4.79 Å². The van der Waals surface area contributed by atoms with Crippen molar-refractivity contribution in [1.29, 1.82) is 0 Å². The second-order valence-corrected chi connectivity index (χ2v) is 15.4. The minimum Gasteiger partial charge on any atom is -0.464 e. The second kappa shape index (κ2) is 22.1. The van der Waals surface area contributed by atoms with Gasteiger partial charge >= 0.3 is 11.7 Å². The highest BCUT2D eigenvalue weighted by atomic mass is 35.5. The van der Waals surface area contributed by atoms with Crippen LogP contribution in [0.1, 0.15) is 95.3 Å². The van der Waals surface area contributed by atoms with Crippen molar-refractivity contribution in [1.82, 2.24) is 28.9 Å². The molecule has 0 radical (unpaired) electrons. The number of nitrogens with one attached hydrogen (secondary N) is 1. The number of carbonyl (C=O) groups is 1. The molecule has 2 fully saturated rings. The summed E-state index contributed by atoms with van der Waals surface area (Å²) < 4.78 is 14.1. The van der Waals surface area contributed by atoms with E-state index in [1.165, 1.54) is 81.2 Å². The number of fused-ring (bicyclic) bond motifs is 1. The number of carbonyl (C=O) groups excluding carboxylic acids is 1. The number of likely N-dealkylation sites (N-methyl/N-ethyl adjacent to an activating group) is 2. The van der Waals surface area contributed by atoms with E-state index >= 15 is 0 Å². The Balaban J connectivity index is 0.000000188. The number of esters is 1. The van der Waals surface area contributed by atoms with Crippen LogP contribution in [-0.2, 0) is 28.4 Å². The van der Waals surface area contributed by atoms with E-state index in [9.17, 15) is 14.4 Å². The maximum absolute atomic E-state index is 12.9. The molecule has 11 nitrogen and oxygen atoms in total. The number of hydrogen-bond acceptors (Lipinski definition) is 8. The van der Waals surface area contributed by atoms with E-state index in [2.05, 4.69) is 96.2 Å². The van der Waals surface area contributed by atoms with Crippen LogP contribution in [0, 0.1) is 11.3 Å². The summed E-state index contributed by atoms with van der Waals surface area (Å²) in [6.45, 7) is 9.47. The summed E-state index contributed by atoms with van der Waals surface area (Å²) >= 11 is 5.60. The first-order chi connectivity index (χ1) is 26.5. The zero-order valence-electron chi connectivity index (χ0n) is 33.9. The molecule has 302 valence electrons. The van der Waals surface area contributed by atoms with Crippen LogP contribution >= 0.6 is 11.6 Å². The first-order valence-electron chi connectivity index (χ1n) is 20.1. The quantitative estimate of drug-likeness (QED) is 0.111. The summed E-state index contributed by atoms with van der Waals surface area (Å²) in [5.74, 6) is 0.716. The van der Waals surface area contributed by atoms with Crippen LogP contribution in [0.25, 0.3) is 11.2 Å². The summed E-state index contributed by atoms with van der Waals surface area (Å²) in [6, 6.07) is 20.8. The molecule has 4 aromatic rings. The number of ether oxygens (including phenoxy) is 2. The van der Waals surface area contributed by atoms with Gasteiger partial charge in [0.15, 0.2) is 11.2 Å². The highest BCUT2D eigenvalue weighted by molar-refractivity contribution is 6.29. The smallest absolute Gasteiger partial charge is 0.332 e. The molecule has 6 rings (SSSR count). The maximum Gasteiger partial charge on any atom is 0.332 e. The number of H-pyrrole nitrogens is 1. The van der Waals surface area contributed by atoms with E-state index in [-0.39, 0.29) is 33.9 Å². The van der Waals surface area contributed by atoms with Crippen LogP contribution in [0.5, 0.6) is 0 Å². The van der Waals surface area contributed by atoms with Crippen molar-refractivity contribution in [3.8, 4) is 0 Å². The molecule has 0 atom stereocenters. The monoisotopic (exact) mass is 778 g/mol. The maximum atomic E-state index is 12.9. The molecule has 0 saturated heterocycles. The number of rotatable bonds is 13. The van der Waals surface area contributed by atoms with E-state index in [4.69, 9.17) is 21.1 Å². The summed E-state index contributed by atoms with van der Waals surface area (Å²) in [5.41, 5.74) is 1.91. The summed E-state index contributed by atoms with van der Waals surface area (Å²) in [4.78, 5) is 46.8. The van der Waals surface area contributed by atoms with Crippen LogP contribution in [0.2, 0.25) is 5.28 Å². The fourth-order valence-electron chi connectivity index (χ4n) is 7.86. The van der Waals surface area contributed by atoms with Crippen molar-refractivity contribution in [2.75, 3.05) is 53.5 Å². The van der Waals surface area contributed by atoms with Gasteiger partial charge in [-0.1, -0.05) is 113 Å². The van der Waals surface area contributed by atoms with Gasteiger partial charge in [0.1, 0.15) is 12.7 Å². The van der Waals surface area contributed by atoms with Gasteiger partial charge in [0, 0.05) is 27.2 Å².